The average molecular weight is 243 g/mol. The molecular weight excluding hydrogens is 226 g/mol. The molecule has 0 unspecified atom stereocenters. The van der Waals surface area contributed by atoms with Gasteiger partial charge in [0.2, 0.25) is 0 Å². The standard InChI is InChI=1S/C14H17N3O/c1-3-4-10-5-7-11(8-6-10)12-13(18-2)14(15)17-9-16-12/h5-9H,3-4H2,1-2H3,(H2,15,16,17). The number of rotatable bonds is 4. The largest absolute Gasteiger partial charge is 0.491 e. The number of aryl methyl sites for hydroxylation is 1. The van der Waals surface area contributed by atoms with Crippen LogP contribution < -0.4 is 10.5 Å². The Balaban J connectivity index is 2.39. The molecule has 1 aromatic heterocycles. The summed E-state index contributed by atoms with van der Waals surface area (Å²) in [5, 5.41) is 0. The fraction of sp³-hybridized carbons (Fsp3) is 0.286. The molecule has 0 aliphatic carbocycles. The first-order valence-electron chi connectivity index (χ1n) is 6.00. The molecule has 0 fully saturated rings. The highest BCUT2D eigenvalue weighted by Crippen LogP contribution is 2.31. The highest BCUT2D eigenvalue weighted by molar-refractivity contribution is 5.71. The normalized spacial score (nSPS) is 10.3. The first-order valence-corrected chi connectivity index (χ1v) is 6.00. The molecule has 0 aliphatic rings. The van der Waals surface area contributed by atoms with E-state index in [2.05, 4.69) is 29.0 Å². The molecule has 18 heavy (non-hydrogen) atoms. The first kappa shape index (κ1) is 12.4. The van der Waals surface area contributed by atoms with Gasteiger partial charge in [0.05, 0.1) is 7.11 Å². The monoisotopic (exact) mass is 243 g/mol. The van der Waals surface area contributed by atoms with E-state index in [9.17, 15) is 0 Å². The van der Waals surface area contributed by atoms with Crippen LogP contribution in [0.15, 0.2) is 30.6 Å². The van der Waals surface area contributed by atoms with Crippen LogP contribution in [0, 0.1) is 0 Å². The number of hydrogen-bond acceptors (Lipinski definition) is 4. The molecule has 2 aromatic rings. The van der Waals surface area contributed by atoms with Gasteiger partial charge in [0.25, 0.3) is 0 Å². The third-order valence-corrected chi connectivity index (χ3v) is 2.80. The van der Waals surface area contributed by atoms with Crippen LogP contribution in [0.25, 0.3) is 11.3 Å². The van der Waals surface area contributed by atoms with Crippen molar-refractivity contribution < 1.29 is 4.74 Å². The van der Waals surface area contributed by atoms with Gasteiger partial charge >= 0.3 is 0 Å². The molecule has 0 bridgehead atoms. The maximum absolute atomic E-state index is 5.77. The summed E-state index contributed by atoms with van der Waals surface area (Å²) in [5.41, 5.74) is 8.81. The third kappa shape index (κ3) is 2.42. The lowest BCUT2D eigenvalue weighted by Gasteiger charge is -2.09. The van der Waals surface area contributed by atoms with E-state index >= 15 is 0 Å². The van der Waals surface area contributed by atoms with Gasteiger partial charge in [0.15, 0.2) is 11.6 Å². The van der Waals surface area contributed by atoms with Crippen LogP contribution in [0.5, 0.6) is 5.75 Å². The number of benzene rings is 1. The van der Waals surface area contributed by atoms with Gasteiger partial charge < -0.3 is 10.5 Å². The van der Waals surface area contributed by atoms with Crippen LogP contribution in [0.3, 0.4) is 0 Å². The molecule has 94 valence electrons. The number of ether oxygens (including phenoxy) is 1. The predicted molar refractivity (Wildman–Crippen MR) is 72.4 cm³/mol. The molecule has 1 heterocycles. The Morgan fingerprint density at radius 2 is 1.89 bits per heavy atom. The predicted octanol–water partition coefficient (Wildman–Crippen LogP) is 2.69. The molecule has 2 N–H and O–H groups in total. The van der Waals surface area contributed by atoms with Gasteiger partial charge in [-0.1, -0.05) is 37.6 Å². The highest BCUT2D eigenvalue weighted by Gasteiger charge is 2.11. The van der Waals surface area contributed by atoms with E-state index in [-0.39, 0.29) is 0 Å². The second-order valence-electron chi connectivity index (χ2n) is 4.09. The number of hydrogen-bond donors (Lipinski definition) is 1. The summed E-state index contributed by atoms with van der Waals surface area (Å²) >= 11 is 0. The SMILES string of the molecule is CCCc1ccc(-c2ncnc(N)c2OC)cc1. The topological polar surface area (TPSA) is 61.0 Å². The molecule has 0 amide bonds. The van der Waals surface area contributed by atoms with E-state index in [1.165, 1.54) is 11.9 Å². The van der Waals surface area contributed by atoms with E-state index in [4.69, 9.17) is 10.5 Å². The lowest BCUT2D eigenvalue weighted by Crippen LogP contribution is -1.99. The van der Waals surface area contributed by atoms with Crippen LogP contribution in [-0.2, 0) is 6.42 Å². The lowest BCUT2D eigenvalue weighted by molar-refractivity contribution is 0.415. The van der Waals surface area contributed by atoms with Crippen molar-refractivity contribution in [2.45, 2.75) is 19.8 Å². The minimum Gasteiger partial charge on any atom is -0.491 e. The van der Waals surface area contributed by atoms with Crippen molar-refractivity contribution in [1.29, 1.82) is 0 Å². The molecular formula is C14H17N3O. The second kappa shape index (κ2) is 5.49. The zero-order valence-corrected chi connectivity index (χ0v) is 10.7. The van der Waals surface area contributed by atoms with Gasteiger partial charge in [0.1, 0.15) is 12.0 Å². The number of anilines is 1. The van der Waals surface area contributed by atoms with Crippen molar-refractivity contribution in [1.82, 2.24) is 9.97 Å². The van der Waals surface area contributed by atoms with E-state index in [0.29, 0.717) is 11.6 Å². The number of aromatic nitrogens is 2. The Hall–Kier alpha value is -2.10. The minimum atomic E-state index is 0.361. The quantitative estimate of drug-likeness (QED) is 0.896. The molecule has 2 rings (SSSR count). The zero-order chi connectivity index (χ0) is 13.0. The molecule has 4 heteroatoms. The molecule has 0 radical (unpaired) electrons. The van der Waals surface area contributed by atoms with Crippen LogP contribution in [0.1, 0.15) is 18.9 Å². The third-order valence-electron chi connectivity index (χ3n) is 2.80. The lowest BCUT2D eigenvalue weighted by atomic mass is 10.1. The summed E-state index contributed by atoms with van der Waals surface area (Å²) in [6.07, 6.45) is 3.68. The van der Waals surface area contributed by atoms with Crippen molar-refractivity contribution >= 4 is 5.82 Å². The van der Waals surface area contributed by atoms with E-state index in [0.717, 1.165) is 24.1 Å². The van der Waals surface area contributed by atoms with Gasteiger partial charge in [-0.2, -0.15) is 0 Å². The van der Waals surface area contributed by atoms with E-state index in [1.54, 1.807) is 7.11 Å². The van der Waals surface area contributed by atoms with Gasteiger partial charge in [0, 0.05) is 5.56 Å². The molecule has 0 saturated heterocycles. The number of nitrogens with two attached hydrogens (primary N) is 1. The molecule has 0 saturated carbocycles. The van der Waals surface area contributed by atoms with Gasteiger partial charge in [-0.3, -0.25) is 0 Å². The zero-order valence-electron chi connectivity index (χ0n) is 10.7. The van der Waals surface area contributed by atoms with Crippen molar-refractivity contribution in [3.05, 3.63) is 36.2 Å². The maximum atomic E-state index is 5.77. The van der Waals surface area contributed by atoms with E-state index in [1.807, 2.05) is 12.1 Å². The summed E-state index contributed by atoms with van der Waals surface area (Å²) in [4.78, 5) is 8.16. The van der Waals surface area contributed by atoms with E-state index < -0.39 is 0 Å². The summed E-state index contributed by atoms with van der Waals surface area (Å²) < 4.78 is 5.26. The summed E-state index contributed by atoms with van der Waals surface area (Å²) in [6, 6.07) is 8.29. The molecule has 0 aliphatic heterocycles. The molecule has 4 nitrogen and oxygen atoms in total. The van der Waals surface area contributed by atoms with Gasteiger partial charge in [-0.25, -0.2) is 9.97 Å². The maximum Gasteiger partial charge on any atom is 0.187 e. The van der Waals surface area contributed by atoms with Gasteiger partial charge in [-0.05, 0) is 12.0 Å². The Labute approximate surface area is 107 Å². The smallest absolute Gasteiger partial charge is 0.187 e. The Morgan fingerprint density at radius 3 is 2.50 bits per heavy atom. The van der Waals surface area contributed by atoms with Gasteiger partial charge in [-0.15, -0.1) is 0 Å². The van der Waals surface area contributed by atoms with Crippen molar-refractivity contribution in [3.63, 3.8) is 0 Å². The van der Waals surface area contributed by atoms with Crippen molar-refractivity contribution in [2.75, 3.05) is 12.8 Å². The first-order chi connectivity index (χ1) is 8.76. The molecule has 0 spiro atoms. The number of nitrogen functional groups attached to an aromatic ring is 1. The van der Waals surface area contributed by atoms with Crippen molar-refractivity contribution in [2.24, 2.45) is 0 Å². The highest BCUT2D eigenvalue weighted by atomic mass is 16.5. The Bertz CT molecular complexity index is 523. The summed E-state index contributed by atoms with van der Waals surface area (Å²) in [7, 11) is 1.57. The second-order valence-corrected chi connectivity index (χ2v) is 4.09. The molecule has 0 atom stereocenters. The Morgan fingerprint density at radius 1 is 1.17 bits per heavy atom. The minimum absolute atomic E-state index is 0.361. The summed E-state index contributed by atoms with van der Waals surface area (Å²) in [6.45, 7) is 2.17. The van der Waals surface area contributed by atoms with Crippen LogP contribution in [0.2, 0.25) is 0 Å². The number of nitrogens with zero attached hydrogens (tertiary/aromatic N) is 2. The average Bonchev–Trinajstić information content (AvgIpc) is 2.40. The fourth-order valence-electron chi connectivity index (χ4n) is 1.91. The number of methoxy groups -OCH3 is 1. The molecule has 1 aromatic carbocycles. The van der Waals surface area contributed by atoms with Crippen LogP contribution in [0.4, 0.5) is 5.82 Å². The van der Waals surface area contributed by atoms with Crippen molar-refractivity contribution in [3.8, 4) is 17.0 Å². The fourth-order valence-corrected chi connectivity index (χ4v) is 1.91. The van der Waals surface area contributed by atoms with Crippen LogP contribution in [-0.4, -0.2) is 17.1 Å². The van der Waals surface area contributed by atoms with Crippen LogP contribution >= 0.6 is 0 Å². The summed E-state index contributed by atoms with van der Waals surface area (Å²) in [5.74, 6) is 0.890. The Kier molecular flexibility index (Phi) is 3.77.